The van der Waals surface area contributed by atoms with Crippen molar-refractivity contribution in [2.45, 2.75) is 103 Å². The lowest BCUT2D eigenvalue weighted by Crippen LogP contribution is -2.61. The van der Waals surface area contributed by atoms with E-state index in [9.17, 15) is 35.9 Å². The molecule has 2 aliphatic rings. The highest BCUT2D eigenvalue weighted by molar-refractivity contribution is 5.76. The van der Waals surface area contributed by atoms with Crippen molar-refractivity contribution in [3.05, 3.63) is 0 Å². The quantitative estimate of drug-likeness (QED) is 0.311. The largest absolute Gasteiger partial charge is 0.510 e. The molecule has 11 heteroatoms. The fourth-order valence-corrected chi connectivity index (χ4v) is 4.51. The Bertz CT molecular complexity index is 723. The average molecular weight is 490 g/mol. The van der Waals surface area contributed by atoms with Gasteiger partial charge in [-0.3, -0.25) is 4.79 Å². The predicted octanol–water partition coefficient (Wildman–Crippen LogP) is 6.59. The van der Waals surface area contributed by atoms with Crippen molar-refractivity contribution in [2.75, 3.05) is 0 Å². The van der Waals surface area contributed by atoms with Crippen molar-refractivity contribution in [3.63, 3.8) is 0 Å². The maximum absolute atomic E-state index is 13.9. The van der Waals surface area contributed by atoms with E-state index in [-0.39, 0.29) is 18.8 Å². The first-order chi connectivity index (χ1) is 14.7. The van der Waals surface area contributed by atoms with Crippen LogP contribution < -0.4 is 0 Å². The summed E-state index contributed by atoms with van der Waals surface area (Å²) in [5.74, 6) is -2.29. The molecule has 192 valence electrons. The molecular formula is C22H32F6O5. The van der Waals surface area contributed by atoms with Crippen molar-refractivity contribution >= 4 is 12.1 Å². The minimum Gasteiger partial charge on any atom is -0.462 e. The average Bonchev–Trinajstić information content (AvgIpc) is 3.17. The number of hydrogen-bond acceptors (Lipinski definition) is 5. The van der Waals surface area contributed by atoms with Crippen molar-refractivity contribution in [2.24, 2.45) is 23.2 Å². The highest BCUT2D eigenvalue weighted by Gasteiger charge is 2.75. The van der Waals surface area contributed by atoms with Gasteiger partial charge < -0.3 is 14.2 Å². The number of ether oxygens (including phenoxy) is 3. The molecule has 2 fully saturated rings. The van der Waals surface area contributed by atoms with E-state index in [2.05, 4.69) is 9.47 Å². The molecule has 4 atom stereocenters. The summed E-state index contributed by atoms with van der Waals surface area (Å²) < 4.78 is 97.3. The summed E-state index contributed by atoms with van der Waals surface area (Å²) in [6.45, 7) is 9.13. The molecule has 0 aliphatic heterocycles. The molecule has 2 saturated carbocycles. The Kier molecular flexibility index (Phi) is 7.38. The van der Waals surface area contributed by atoms with Gasteiger partial charge in [-0.2, -0.15) is 26.3 Å². The van der Waals surface area contributed by atoms with E-state index in [0.29, 0.717) is 12.8 Å². The molecule has 0 aromatic heterocycles. The number of rotatable bonds is 6. The van der Waals surface area contributed by atoms with Gasteiger partial charge in [0.2, 0.25) is 0 Å². The second-order valence-corrected chi connectivity index (χ2v) is 10.8. The van der Waals surface area contributed by atoms with E-state index < -0.39 is 65.5 Å². The van der Waals surface area contributed by atoms with Crippen LogP contribution in [0.3, 0.4) is 0 Å². The number of halogens is 6. The van der Waals surface area contributed by atoms with E-state index in [1.54, 1.807) is 13.8 Å². The zero-order chi connectivity index (χ0) is 25.6. The molecule has 33 heavy (non-hydrogen) atoms. The van der Waals surface area contributed by atoms with Gasteiger partial charge in [0, 0.05) is 6.42 Å². The van der Waals surface area contributed by atoms with Gasteiger partial charge in [-0.1, -0.05) is 6.92 Å². The van der Waals surface area contributed by atoms with Crippen LogP contribution in [0.5, 0.6) is 0 Å². The number of hydrogen-bond donors (Lipinski definition) is 0. The number of carbonyl (C=O) groups is 2. The Labute approximate surface area is 189 Å². The lowest BCUT2D eigenvalue weighted by molar-refractivity contribution is -0.374. The zero-order valence-electron chi connectivity index (χ0n) is 19.7. The second kappa shape index (κ2) is 8.83. The van der Waals surface area contributed by atoms with Crippen LogP contribution in [-0.2, 0) is 19.0 Å². The van der Waals surface area contributed by atoms with Crippen LogP contribution in [0.25, 0.3) is 0 Å². The van der Waals surface area contributed by atoms with E-state index in [4.69, 9.17) is 4.74 Å². The van der Waals surface area contributed by atoms with Gasteiger partial charge in [0.05, 0.1) is 5.41 Å². The standard InChI is InChI=1S/C22H32F6O5/c1-7-19(5,6)16(29)31-15-10-12-8-13(15)9-14(12)11-20(21(23,24)25,22(26,27)28)33-17(30)32-18(2,3)4/h12-15H,7-11H2,1-6H3. The molecule has 0 spiro atoms. The molecular weight excluding hydrogens is 458 g/mol. The van der Waals surface area contributed by atoms with Gasteiger partial charge in [0.1, 0.15) is 11.7 Å². The highest BCUT2D eigenvalue weighted by Crippen LogP contribution is 2.57. The summed E-state index contributed by atoms with van der Waals surface area (Å²) in [6, 6.07) is 0. The van der Waals surface area contributed by atoms with Crippen molar-refractivity contribution in [1.29, 1.82) is 0 Å². The molecule has 4 unspecified atom stereocenters. The molecule has 2 bridgehead atoms. The number of carbonyl (C=O) groups excluding carboxylic acids is 2. The summed E-state index contributed by atoms with van der Waals surface area (Å²) in [4.78, 5) is 24.2. The monoisotopic (exact) mass is 490 g/mol. The molecule has 0 heterocycles. The lowest BCUT2D eigenvalue weighted by atomic mass is 9.78. The van der Waals surface area contributed by atoms with Gasteiger partial charge in [0.15, 0.2) is 0 Å². The molecule has 0 radical (unpaired) electrons. The maximum Gasteiger partial charge on any atom is 0.510 e. The second-order valence-electron chi connectivity index (χ2n) is 10.8. The minimum absolute atomic E-state index is 0.0146. The van der Waals surface area contributed by atoms with Crippen molar-refractivity contribution < 1.29 is 50.1 Å². The van der Waals surface area contributed by atoms with Crippen LogP contribution in [-0.4, -0.2) is 41.8 Å². The SMILES string of the molecule is CCC(C)(C)C(=O)OC1CC2CC1CC2CC(OC(=O)OC(C)(C)C)(C(F)(F)F)C(F)(F)F. The third kappa shape index (κ3) is 5.88. The first-order valence-electron chi connectivity index (χ1n) is 11.0. The van der Waals surface area contributed by atoms with Crippen LogP contribution >= 0.6 is 0 Å². The van der Waals surface area contributed by atoms with E-state index >= 15 is 0 Å². The van der Waals surface area contributed by atoms with Gasteiger partial charge in [0.25, 0.3) is 0 Å². The van der Waals surface area contributed by atoms with Crippen LogP contribution in [0.1, 0.15) is 73.6 Å². The summed E-state index contributed by atoms with van der Waals surface area (Å²) >= 11 is 0. The number of fused-ring (bicyclic) bond motifs is 2. The van der Waals surface area contributed by atoms with Gasteiger partial charge in [-0.05, 0) is 78.1 Å². The Morgan fingerprint density at radius 1 is 0.818 bits per heavy atom. The third-order valence-corrected chi connectivity index (χ3v) is 6.75. The Balaban J connectivity index is 2.21. The summed E-state index contributed by atoms with van der Waals surface area (Å²) in [5, 5.41) is 0. The predicted molar refractivity (Wildman–Crippen MR) is 105 cm³/mol. The Hall–Kier alpha value is -1.68. The molecule has 2 aliphatic carbocycles. The van der Waals surface area contributed by atoms with E-state index in [1.165, 1.54) is 20.8 Å². The molecule has 2 rings (SSSR count). The van der Waals surface area contributed by atoms with Gasteiger partial charge >= 0.3 is 30.1 Å². The Morgan fingerprint density at radius 2 is 1.36 bits per heavy atom. The first kappa shape index (κ1) is 27.6. The molecule has 0 aromatic carbocycles. The van der Waals surface area contributed by atoms with E-state index in [0.717, 1.165) is 0 Å². The minimum atomic E-state index is -5.90. The topological polar surface area (TPSA) is 61.8 Å². The lowest BCUT2D eigenvalue weighted by Gasteiger charge is -2.40. The highest BCUT2D eigenvalue weighted by atomic mass is 19.4. The first-order valence-corrected chi connectivity index (χ1v) is 11.0. The van der Waals surface area contributed by atoms with Crippen LogP contribution in [0.2, 0.25) is 0 Å². The van der Waals surface area contributed by atoms with Gasteiger partial charge in [-0.25, -0.2) is 4.79 Å². The van der Waals surface area contributed by atoms with Crippen LogP contribution in [0, 0.1) is 23.2 Å². The normalized spacial score (nSPS) is 26.3. The van der Waals surface area contributed by atoms with Crippen molar-refractivity contribution in [1.82, 2.24) is 0 Å². The molecule has 5 nitrogen and oxygen atoms in total. The smallest absolute Gasteiger partial charge is 0.462 e. The molecule has 0 N–H and O–H groups in total. The number of alkyl halides is 6. The van der Waals surface area contributed by atoms with Gasteiger partial charge in [-0.15, -0.1) is 0 Å². The number of esters is 1. The fourth-order valence-electron chi connectivity index (χ4n) is 4.51. The molecule has 0 amide bonds. The summed E-state index contributed by atoms with van der Waals surface area (Å²) in [7, 11) is 0. The summed E-state index contributed by atoms with van der Waals surface area (Å²) in [5.41, 5.74) is -6.76. The maximum atomic E-state index is 13.9. The van der Waals surface area contributed by atoms with Crippen LogP contribution in [0.4, 0.5) is 31.1 Å². The summed E-state index contributed by atoms with van der Waals surface area (Å²) in [6.07, 6.45) is -14.8. The molecule has 0 aromatic rings. The molecule has 0 saturated heterocycles. The van der Waals surface area contributed by atoms with Crippen molar-refractivity contribution in [3.8, 4) is 0 Å². The zero-order valence-corrected chi connectivity index (χ0v) is 19.7. The fraction of sp³-hybridized carbons (Fsp3) is 0.909. The van der Waals surface area contributed by atoms with E-state index in [1.807, 2.05) is 6.92 Å². The van der Waals surface area contributed by atoms with Crippen LogP contribution in [0.15, 0.2) is 0 Å². The third-order valence-electron chi connectivity index (χ3n) is 6.75. The Morgan fingerprint density at radius 3 is 1.76 bits per heavy atom.